The molecule has 0 aromatic heterocycles. The first-order valence-corrected chi connectivity index (χ1v) is 8.12. The molecule has 2 N–H and O–H groups in total. The summed E-state index contributed by atoms with van der Waals surface area (Å²) in [7, 11) is 0. The minimum Gasteiger partial charge on any atom is -0.308 e. The van der Waals surface area contributed by atoms with Gasteiger partial charge < -0.3 is 5.32 Å². The van der Waals surface area contributed by atoms with Crippen molar-refractivity contribution < 1.29 is 9.59 Å². The van der Waals surface area contributed by atoms with Gasteiger partial charge in [0, 0.05) is 29.3 Å². The van der Waals surface area contributed by atoms with Crippen LogP contribution in [0.3, 0.4) is 0 Å². The predicted octanol–water partition coefficient (Wildman–Crippen LogP) is 2.16. The van der Waals surface area contributed by atoms with Gasteiger partial charge >= 0.3 is 6.03 Å². The summed E-state index contributed by atoms with van der Waals surface area (Å²) >= 11 is 1.92. The summed E-state index contributed by atoms with van der Waals surface area (Å²) in [5.74, 6) is 0.754. The Kier molecular flexibility index (Phi) is 5.64. The molecule has 114 valence electrons. The second-order valence-electron chi connectivity index (χ2n) is 5.16. The molecular formula is C15H21N3O2S. The Bertz CT molecular complexity index is 495. The fraction of sp³-hybridized carbons (Fsp3) is 0.467. The van der Waals surface area contributed by atoms with Crippen LogP contribution in [0.1, 0.15) is 13.8 Å². The Morgan fingerprint density at radius 2 is 2.00 bits per heavy atom. The number of nitrogens with zero attached hydrogens (tertiary/aromatic N) is 1. The van der Waals surface area contributed by atoms with Gasteiger partial charge in [-0.15, -0.1) is 0 Å². The molecule has 1 heterocycles. The highest BCUT2D eigenvalue weighted by molar-refractivity contribution is 8.00. The maximum atomic E-state index is 11.9. The van der Waals surface area contributed by atoms with Crippen molar-refractivity contribution in [3.05, 3.63) is 30.3 Å². The SMILES string of the molecule is CC1SCCN(CC(=O)NC(=O)Nc2ccccc2)C1C. The number of carbonyl (C=O) groups is 2. The molecule has 6 heteroatoms. The Morgan fingerprint density at radius 3 is 2.71 bits per heavy atom. The third-order valence-corrected chi connectivity index (χ3v) is 4.98. The molecule has 1 saturated heterocycles. The Balaban J connectivity index is 1.80. The molecule has 1 aliphatic heterocycles. The first-order chi connectivity index (χ1) is 10.1. The molecule has 2 atom stereocenters. The van der Waals surface area contributed by atoms with Crippen LogP contribution in [0, 0.1) is 0 Å². The zero-order valence-corrected chi connectivity index (χ0v) is 13.2. The minimum absolute atomic E-state index is 0.258. The van der Waals surface area contributed by atoms with Crippen molar-refractivity contribution in [2.75, 3.05) is 24.2 Å². The van der Waals surface area contributed by atoms with Gasteiger partial charge in [-0.2, -0.15) is 11.8 Å². The van der Waals surface area contributed by atoms with E-state index in [1.54, 1.807) is 12.1 Å². The normalized spacial score (nSPS) is 22.6. The zero-order valence-electron chi connectivity index (χ0n) is 12.3. The number of thioether (sulfide) groups is 1. The fourth-order valence-electron chi connectivity index (χ4n) is 2.25. The van der Waals surface area contributed by atoms with Crippen LogP contribution in [0.15, 0.2) is 30.3 Å². The van der Waals surface area contributed by atoms with Crippen LogP contribution in [0.4, 0.5) is 10.5 Å². The molecule has 3 amide bonds. The lowest BCUT2D eigenvalue weighted by Crippen LogP contribution is -2.50. The average Bonchev–Trinajstić information content (AvgIpc) is 2.44. The molecule has 1 aromatic rings. The lowest BCUT2D eigenvalue weighted by Gasteiger charge is -2.36. The molecule has 2 unspecified atom stereocenters. The topological polar surface area (TPSA) is 61.4 Å². The van der Waals surface area contributed by atoms with Gasteiger partial charge in [0.25, 0.3) is 0 Å². The van der Waals surface area contributed by atoms with Crippen molar-refractivity contribution in [1.29, 1.82) is 0 Å². The van der Waals surface area contributed by atoms with E-state index in [2.05, 4.69) is 29.4 Å². The van der Waals surface area contributed by atoms with E-state index < -0.39 is 6.03 Å². The first-order valence-electron chi connectivity index (χ1n) is 7.08. The third kappa shape index (κ3) is 4.75. The molecule has 0 spiro atoms. The lowest BCUT2D eigenvalue weighted by molar-refractivity contribution is -0.121. The molecule has 1 aliphatic rings. The van der Waals surface area contributed by atoms with Crippen LogP contribution >= 0.6 is 11.8 Å². The van der Waals surface area contributed by atoms with Crippen LogP contribution < -0.4 is 10.6 Å². The Labute approximate surface area is 129 Å². The standard InChI is InChI=1S/C15H21N3O2S/c1-11-12(2)21-9-8-18(11)10-14(19)17-15(20)16-13-6-4-3-5-7-13/h3-7,11-12H,8-10H2,1-2H3,(H2,16,17,19,20). The molecule has 0 radical (unpaired) electrons. The number of imide groups is 1. The maximum Gasteiger partial charge on any atom is 0.325 e. The summed E-state index contributed by atoms with van der Waals surface area (Å²) in [5, 5.41) is 5.51. The Morgan fingerprint density at radius 1 is 1.29 bits per heavy atom. The summed E-state index contributed by atoms with van der Waals surface area (Å²) in [6.45, 7) is 5.42. The predicted molar refractivity (Wildman–Crippen MR) is 86.6 cm³/mol. The third-order valence-electron chi connectivity index (χ3n) is 3.65. The Hall–Kier alpha value is -1.53. The van der Waals surface area contributed by atoms with E-state index in [-0.39, 0.29) is 12.5 Å². The highest BCUT2D eigenvalue weighted by atomic mass is 32.2. The molecule has 1 fully saturated rings. The van der Waals surface area contributed by atoms with E-state index in [0.717, 1.165) is 12.3 Å². The van der Waals surface area contributed by atoms with Gasteiger partial charge in [0.1, 0.15) is 0 Å². The zero-order chi connectivity index (χ0) is 15.2. The van der Waals surface area contributed by atoms with E-state index >= 15 is 0 Å². The monoisotopic (exact) mass is 307 g/mol. The van der Waals surface area contributed by atoms with Gasteiger partial charge in [-0.1, -0.05) is 25.1 Å². The van der Waals surface area contributed by atoms with Crippen LogP contribution in [0.5, 0.6) is 0 Å². The van der Waals surface area contributed by atoms with Crippen LogP contribution in [0.25, 0.3) is 0 Å². The van der Waals surface area contributed by atoms with Crippen molar-refractivity contribution in [2.45, 2.75) is 25.1 Å². The molecular weight excluding hydrogens is 286 g/mol. The summed E-state index contributed by atoms with van der Waals surface area (Å²) in [6, 6.07) is 8.92. The summed E-state index contributed by atoms with van der Waals surface area (Å²) in [4.78, 5) is 25.8. The number of hydrogen-bond donors (Lipinski definition) is 2. The minimum atomic E-state index is -0.488. The fourth-order valence-corrected chi connectivity index (χ4v) is 3.42. The van der Waals surface area contributed by atoms with Crippen molar-refractivity contribution in [3.63, 3.8) is 0 Å². The molecule has 0 saturated carbocycles. The number of benzene rings is 1. The van der Waals surface area contributed by atoms with E-state index in [1.165, 1.54) is 0 Å². The quantitative estimate of drug-likeness (QED) is 0.898. The van der Waals surface area contributed by atoms with E-state index in [0.29, 0.717) is 17.0 Å². The first kappa shape index (κ1) is 15.9. The van der Waals surface area contributed by atoms with Crippen LogP contribution in [0.2, 0.25) is 0 Å². The highest BCUT2D eigenvalue weighted by Gasteiger charge is 2.26. The number of hydrogen-bond acceptors (Lipinski definition) is 4. The molecule has 0 bridgehead atoms. The number of anilines is 1. The van der Waals surface area contributed by atoms with Gasteiger partial charge in [0.2, 0.25) is 5.91 Å². The van der Waals surface area contributed by atoms with E-state index in [4.69, 9.17) is 0 Å². The van der Waals surface area contributed by atoms with Gasteiger partial charge in [0.15, 0.2) is 0 Å². The van der Waals surface area contributed by atoms with Gasteiger partial charge in [-0.25, -0.2) is 4.79 Å². The summed E-state index contributed by atoms with van der Waals surface area (Å²) in [6.07, 6.45) is 0. The van der Waals surface area contributed by atoms with Crippen LogP contribution in [-0.4, -0.2) is 47.0 Å². The number of carbonyl (C=O) groups excluding carboxylic acids is 2. The summed E-state index contributed by atoms with van der Waals surface area (Å²) < 4.78 is 0. The average molecular weight is 307 g/mol. The number of para-hydroxylation sites is 1. The maximum absolute atomic E-state index is 11.9. The number of amides is 3. The second-order valence-corrected chi connectivity index (χ2v) is 6.64. The van der Waals surface area contributed by atoms with Crippen molar-refractivity contribution >= 4 is 29.4 Å². The van der Waals surface area contributed by atoms with Crippen LogP contribution in [-0.2, 0) is 4.79 Å². The van der Waals surface area contributed by atoms with Crippen molar-refractivity contribution in [1.82, 2.24) is 10.2 Å². The van der Waals surface area contributed by atoms with E-state index in [1.807, 2.05) is 30.0 Å². The number of urea groups is 1. The lowest BCUT2D eigenvalue weighted by atomic mass is 10.2. The molecule has 21 heavy (non-hydrogen) atoms. The second kappa shape index (κ2) is 7.47. The highest BCUT2D eigenvalue weighted by Crippen LogP contribution is 2.23. The molecule has 2 rings (SSSR count). The summed E-state index contributed by atoms with van der Waals surface area (Å²) in [5.41, 5.74) is 0.666. The van der Waals surface area contributed by atoms with Crippen molar-refractivity contribution in [3.8, 4) is 0 Å². The van der Waals surface area contributed by atoms with Gasteiger partial charge in [-0.3, -0.25) is 15.0 Å². The largest absolute Gasteiger partial charge is 0.325 e. The smallest absolute Gasteiger partial charge is 0.308 e. The molecule has 1 aromatic carbocycles. The number of nitrogens with one attached hydrogen (secondary N) is 2. The van der Waals surface area contributed by atoms with E-state index in [9.17, 15) is 9.59 Å². The van der Waals surface area contributed by atoms with Gasteiger partial charge in [-0.05, 0) is 19.1 Å². The molecule has 5 nitrogen and oxygen atoms in total. The number of rotatable bonds is 3. The molecule has 0 aliphatic carbocycles. The van der Waals surface area contributed by atoms with Gasteiger partial charge in [0.05, 0.1) is 6.54 Å². The van der Waals surface area contributed by atoms with Crippen molar-refractivity contribution in [2.24, 2.45) is 0 Å².